The number of ether oxygens (including phenoxy) is 3. The summed E-state index contributed by atoms with van der Waals surface area (Å²) in [6.07, 6.45) is -0.512. The van der Waals surface area contributed by atoms with E-state index in [1.165, 1.54) is 0 Å². The number of aromatic nitrogens is 2. The standard InChI is InChI=1S/C18H24N2O5/c1-11(16-19-17(20-25-16)18(2,3)4)24-15(21)10-12-7-8-13(22-5)14(9-12)23-6/h7-9,11H,10H2,1-6H3/t11-/m0/s1. The molecule has 0 aliphatic rings. The molecule has 0 amide bonds. The van der Waals surface area contributed by atoms with Crippen LogP contribution in [0.25, 0.3) is 0 Å². The van der Waals surface area contributed by atoms with E-state index in [1.54, 1.807) is 39.3 Å². The fourth-order valence-corrected chi connectivity index (χ4v) is 2.15. The largest absolute Gasteiger partial charge is 0.493 e. The number of nitrogens with zero attached hydrogens (tertiary/aromatic N) is 2. The van der Waals surface area contributed by atoms with Crippen molar-refractivity contribution in [2.24, 2.45) is 0 Å². The molecular formula is C18H24N2O5. The van der Waals surface area contributed by atoms with Gasteiger partial charge in [0, 0.05) is 5.41 Å². The van der Waals surface area contributed by atoms with Crippen molar-refractivity contribution in [1.82, 2.24) is 10.1 Å². The molecule has 25 heavy (non-hydrogen) atoms. The lowest BCUT2D eigenvalue weighted by molar-refractivity contribution is -0.148. The molecule has 2 rings (SSSR count). The SMILES string of the molecule is COc1ccc(CC(=O)O[C@@H](C)c2nc(C(C)(C)C)no2)cc1OC. The van der Waals surface area contributed by atoms with E-state index in [0.717, 1.165) is 5.56 Å². The second-order valence-corrected chi connectivity index (χ2v) is 6.70. The van der Waals surface area contributed by atoms with Gasteiger partial charge in [-0.1, -0.05) is 32.0 Å². The maximum atomic E-state index is 12.2. The Labute approximate surface area is 147 Å². The molecule has 2 aromatic rings. The number of hydrogen-bond donors (Lipinski definition) is 0. The van der Waals surface area contributed by atoms with Crippen LogP contribution in [-0.4, -0.2) is 30.3 Å². The maximum absolute atomic E-state index is 12.2. The summed E-state index contributed by atoms with van der Waals surface area (Å²) in [5.41, 5.74) is 0.529. The lowest BCUT2D eigenvalue weighted by Crippen LogP contribution is -2.14. The molecule has 0 fully saturated rings. The van der Waals surface area contributed by atoms with E-state index in [1.807, 2.05) is 20.8 Å². The lowest BCUT2D eigenvalue weighted by atomic mass is 9.96. The molecule has 136 valence electrons. The van der Waals surface area contributed by atoms with Crippen molar-refractivity contribution in [3.05, 3.63) is 35.5 Å². The van der Waals surface area contributed by atoms with Crippen LogP contribution >= 0.6 is 0 Å². The Morgan fingerprint density at radius 2 is 1.88 bits per heavy atom. The van der Waals surface area contributed by atoms with E-state index < -0.39 is 12.1 Å². The topological polar surface area (TPSA) is 83.7 Å². The Hall–Kier alpha value is -2.57. The number of carbonyl (C=O) groups excluding carboxylic acids is 1. The molecule has 0 unspecified atom stereocenters. The molecule has 0 N–H and O–H groups in total. The average molecular weight is 348 g/mol. The van der Waals surface area contributed by atoms with Crippen LogP contribution in [0.3, 0.4) is 0 Å². The number of benzene rings is 1. The van der Waals surface area contributed by atoms with Gasteiger partial charge in [-0.3, -0.25) is 4.79 Å². The summed E-state index contributed by atoms with van der Waals surface area (Å²) in [5.74, 6) is 1.63. The van der Waals surface area contributed by atoms with E-state index in [9.17, 15) is 4.79 Å². The number of hydrogen-bond acceptors (Lipinski definition) is 7. The first-order valence-corrected chi connectivity index (χ1v) is 7.99. The van der Waals surface area contributed by atoms with Gasteiger partial charge in [-0.2, -0.15) is 4.98 Å². The molecule has 7 nitrogen and oxygen atoms in total. The summed E-state index contributed by atoms with van der Waals surface area (Å²) in [4.78, 5) is 16.5. The summed E-state index contributed by atoms with van der Waals surface area (Å²) >= 11 is 0. The first-order valence-electron chi connectivity index (χ1n) is 7.99. The Kier molecular flexibility index (Phi) is 5.66. The highest BCUT2D eigenvalue weighted by atomic mass is 16.6. The molecule has 0 radical (unpaired) electrons. The number of rotatable bonds is 6. The fraction of sp³-hybridized carbons (Fsp3) is 0.500. The van der Waals surface area contributed by atoms with Crippen molar-refractivity contribution in [2.45, 2.75) is 45.6 Å². The lowest BCUT2D eigenvalue weighted by Gasteiger charge is -2.12. The first kappa shape index (κ1) is 18.8. The minimum absolute atomic E-state index is 0.102. The smallest absolute Gasteiger partial charge is 0.311 e. The van der Waals surface area contributed by atoms with Gasteiger partial charge >= 0.3 is 5.97 Å². The highest BCUT2D eigenvalue weighted by Gasteiger charge is 2.24. The van der Waals surface area contributed by atoms with Crippen LogP contribution in [0.15, 0.2) is 22.7 Å². The van der Waals surface area contributed by atoms with Crippen molar-refractivity contribution in [1.29, 1.82) is 0 Å². The van der Waals surface area contributed by atoms with Crippen molar-refractivity contribution in [3.8, 4) is 11.5 Å². The second-order valence-electron chi connectivity index (χ2n) is 6.70. The molecule has 0 aliphatic carbocycles. The van der Waals surface area contributed by atoms with Crippen LogP contribution in [-0.2, 0) is 21.4 Å². The summed E-state index contributed by atoms with van der Waals surface area (Å²) in [7, 11) is 3.11. The molecule has 1 aromatic heterocycles. The normalized spacial score (nSPS) is 12.6. The maximum Gasteiger partial charge on any atom is 0.311 e. The Morgan fingerprint density at radius 1 is 1.20 bits per heavy atom. The first-order chi connectivity index (χ1) is 11.7. The van der Waals surface area contributed by atoms with Crippen LogP contribution in [0.5, 0.6) is 11.5 Å². The van der Waals surface area contributed by atoms with Crippen molar-refractivity contribution < 1.29 is 23.5 Å². The van der Waals surface area contributed by atoms with Gasteiger partial charge in [-0.05, 0) is 24.6 Å². The molecule has 0 bridgehead atoms. The van der Waals surface area contributed by atoms with Gasteiger partial charge in [0.25, 0.3) is 5.89 Å². The predicted octanol–water partition coefficient (Wildman–Crippen LogP) is 3.23. The van der Waals surface area contributed by atoms with Gasteiger partial charge in [0.05, 0.1) is 20.6 Å². The van der Waals surface area contributed by atoms with Crippen LogP contribution < -0.4 is 9.47 Å². The Morgan fingerprint density at radius 3 is 2.44 bits per heavy atom. The average Bonchev–Trinajstić information content (AvgIpc) is 3.05. The van der Waals surface area contributed by atoms with Crippen LogP contribution in [0.1, 0.15) is 51.1 Å². The molecule has 1 heterocycles. The highest BCUT2D eigenvalue weighted by Crippen LogP contribution is 2.28. The number of esters is 1. The number of methoxy groups -OCH3 is 2. The molecule has 1 atom stereocenters. The third-order valence-electron chi connectivity index (χ3n) is 3.56. The highest BCUT2D eigenvalue weighted by molar-refractivity contribution is 5.73. The van der Waals surface area contributed by atoms with Crippen LogP contribution in [0, 0.1) is 0 Å². The zero-order valence-corrected chi connectivity index (χ0v) is 15.5. The summed E-state index contributed by atoms with van der Waals surface area (Å²) < 4.78 is 21.0. The van der Waals surface area contributed by atoms with Crippen molar-refractivity contribution >= 4 is 5.97 Å². The zero-order valence-electron chi connectivity index (χ0n) is 15.5. The van der Waals surface area contributed by atoms with Crippen molar-refractivity contribution in [2.75, 3.05) is 14.2 Å². The van der Waals surface area contributed by atoms with Gasteiger partial charge in [0.2, 0.25) is 0 Å². The monoisotopic (exact) mass is 348 g/mol. The minimum Gasteiger partial charge on any atom is -0.493 e. The van der Waals surface area contributed by atoms with E-state index in [4.69, 9.17) is 18.7 Å². The molecule has 0 saturated heterocycles. The van der Waals surface area contributed by atoms with Gasteiger partial charge < -0.3 is 18.7 Å². The number of carbonyl (C=O) groups is 1. The molecule has 0 aliphatic heterocycles. The third kappa shape index (κ3) is 4.71. The second kappa shape index (κ2) is 7.55. The molecule has 0 saturated carbocycles. The van der Waals surface area contributed by atoms with Crippen molar-refractivity contribution in [3.63, 3.8) is 0 Å². The minimum atomic E-state index is -0.615. The summed E-state index contributed by atoms with van der Waals surface area (Å²) in [6.45, 7) is 7.65. The molecule has 0 spiro atoms. The third-order valence-corrected chi connectivity index (χ3v) is 3.56. The van der Waals surface area contributed by atoms with E-state index >= 15 is 0 Å². The van der Waals surface area contributed by atoms with Gasteiger partial charge in [0.1, 0.15) is 0 Å². The molecular weight excluding hydrogens is 324 g/mol. The van der Waals surface area contributed by atoms with Gasteiger partial charge in [0.15, 0.2) is 23.4 Å². The van der Waals surface area contributed by atoms with Crippen LogP contribution in [0.4, 0.5) is 0 Å². The zero-order chi connectivity index (χ0) is 18.6. The Bertz CT molecular complexity index is 733. The quantitative estimate of drug-likeness (QED) is 0.741. The van der Waals surface area contributed by atoms with E-state index in [2.05, 4.69) is 10.1 Å². The van der Waals surface area contributed by atoms with Gasteiger partial charge in [-0.15, -0.1) is 0 Å². The summed E-state index contributed by atoms with van der Waals surface area (Å²) in [5, 5.41) is 3.93. The molecule has 1 aromatic carbocycles. The fourth-order valence-electron chi connectivity index (χ4n) is 2.15. The van der Waals surface area contributed by atoms with Crippen LogP contribution in [0.2, 0.25) is 0 Å². The van der Waals surface area contributed by atoms with Gasteiger partial charge in [-0.25, -0.2) is 0 Å². The van der Waals surface area contributed by atoms with E-state index in [0.29, 0.717) is 17.3 Å². The molecule has 7 heteroatoms. The predicted molar refractivity (Wildman–Crippen MR) is 90.8 cm³/mol. The summed E-state index contributed by atoms with van der Waals surface area (Å²) in [6, 6.07) is 5.28. The van der Waals surface area contributed by atoms with E-state index in [-0.39, 0.29) is 17.7 Å². The Balaban J connectivity index is 2.01.